The highest BCUT2D eigenvalue weighted by molar-refractivity contribution is 7.89. The van der Waals surface area contributed by atoms with Crippen LogP contribution in [0.1, 0.15) is 40.4 Å². The van der Waals surface area contributed by atoms with Gasteiger partial charge in [-0.05, 0) is 13.8 Å². The van der Waals surface area contributed by atoms with Crippen LogP contribution < -0.4 is 10.3 Å². The molecule has 0 saturated heterocycles. The third-order valence-electron chi connectivity index (χ3n) is 4.03. The highest BCUT2D eigenvalue weighted by Crippen LogP contribution is 2.26. The Balaban J connectivity index is 0.000000331. The number of sulfonamides is 2. The van der Waals surface area contributed by atoms with Crippen molar-refractivity contribution in [3.63, 3.8) is 0 Å². The van der Waals surface area contributed by atoms with Gasteiger partial charge in [-0.25, -0.2) is 36.7 Å². The van der Waals surface area contributed by atoms with E-state index in [1.165, 1.54) is 41.7 Å². The molecule has 2 aromatic rings. The predicted octanol–water partition coefficient (Wildman–Crippen LogP) is 0.995. The minimum atomic E-state index is -3.94. The lowest BCUT2D eigenvalue weighted by atomic mass is 10.2. The molecule has 15 heteroatoms. The first-order valence-electron chi connectivity index (χ1n) is 9.18. The molecule has 0 aromatic carbocycles. The number of carbonyl (C=O) groups is 2. The summed E-state index contributed by atoms with van der Waals surface area (Å²) in [5.74, 6) is -1.30. The molecule has 12 nitrogen and oxygen atoms in total. The van der Waals surface area contributed by atoms with E-state index in [1.807, 2.05) is 0 Å². The highest BCUT2D eigenvalue weighted by atomic mass is 35.5. The van der Waals surface area contributed by atoms with E-state index in [4.69, 9.17) is 31.4 Å². The van der Waals surface area contributed by atoms with Crippen LogP contribution in [-0.4, -0.2) is 51.1 Å². The number of aryl methyl sites for hydroxylation is 2. The minimum absolute atomic E-state index is 0.0347. The summed E-state index contributed by atoms with van der Waals surface area (Å²) in [6.45, 7) is 7.15. The van der Waals surface area contributed by atoms with Gasteiger partial charge in [0.25, 0.3) is 0 Å². The van der Waals surface area contributed by atoms with Crippen LogP contribution in [0.4, 0.5) is 0 Å². The zero-order valence-corrected chi connectivity index (χ0v) is 20.8. The van der Waals surface area contributed by atoms with Crippen LogP contribution in [0.3, 0.4) is 0 Å². The second kappa shape index (κ2) is 11.0. The predicted molar refractivity (Wildman–Crippen MR) is 121 cm³/mol. The molecule has 0 amide bonds. The molecular formula is C18H25ClN4O8S2. The maximum Gasteiger partial charge on any atom is 0.356 e. The van der Waals surface area contributed by atoms with Gasteiger partial charge in [0.15, 0.2) is 0 Å². The normalized spacial score (nSPS) is 11.4. The summed E-state index contributed by atoms with van der Waals surface area (Å²) in [4.78, 5) is 22.7. The summed E-state index contributed by atoms with van der Waals surface area (Å²) < 4.78 is 57.1. The molecule has 0 saturated carbocycles. The Hall–Kier alpha value is -2.65. The lowest BCUT2D eigenvalue weighted by Crippen LogP contribution is -2.13. The third kappa shape index (κ3) is 6.68. The first-order valence-corrected chi connectivity index (χ1v) is 12.6. The number of carbonyl (C=O) groups excluding carboxylic acids is 2. The molecule has 0 spiro atoms. The Labute approximate surface area is 196 Å². The molecule has 2 heterocycles. The number of rotatable bonds is 7. The number of primary sulfonamides is 2. The van der Waals surface area contributed by atoms with Gasteiger partial charge in [-0.2, -0.15) is 0 Å². The first-order chi connectivity index (χ1) is 15.1. The molecule has 0 aliphatic rings. The second-order valence-electron chi connectivity index (χ2n) is 6.37. The smallest absolute Gasteiger partial charge is 0.356 e. The van der Waals surface area contributed by atoms with E-state index in [1.54, 1.807) is 13.8 Å². The number of esters is 2. The van der Waals surface area contributed by atoms with Gasteiger partial charge < -0.3 is 18.6 Å². The van der Waals surface area contributed by atoms with Crippen molar-refractivity contribution >= 4 is 49.7 Å². The number of hydrogen-bond acceptors (Lipinski definition) is 8. The third-order valence-corrected chi connectivity index (χ3v) is 6.38. The molecule has 0 unspecified atom stereocenters. The van der Waals surface area contributed by atoms with Crippen molar-refractivity contribution in [1.29, 1.82) is 0 Å². The van der Waals surface area contributed by atoms with Crippen LogP contribution >= 0.6 is 11.6 Å². The molecule has 2 rings (SSSR count). The molecule has 4 N–H and O–H groups in total. The van der Waals surface area contributed by atoms with Crippen LogP contribution in [-0.2, 0) is 43.6 Å². The van der Waals surface area contributed by atoms with Crippen molar-refractivity contribution in [1.82, 2.24) is 9.13 Å². The molecule has 33 heavy (non-hydrogen) atoms. The number of aromatic nitrogens is 2. The number of nitrogens with two attached hydrogens (primary N) is 2. The summed E-state index contributed by atoms with van der Waals surface area (Å²) in [5, 5.41) is 9.77. The van der Waals surface area contributed by atoms with Gasteiger partial charge in [0.2, 0.25) is 20.0 Å². The van der Waals surface area contributed by atoms with Crippen LogP contribution in [0, 0.1) is 0 Å². The summed E-state index contributed by atoms with van der Waals surface area (Å²) in [6, 6.07) is 0. The minimum Gasteiger partial charge on any atom is -0.461 e. The first kappa shape index (κ1) is 28.4. The molecule has 0 aliphatic carbocycles. The fourth-order valence-electron chi connectivity index (χ4n) is 2.69. The zero-order chi connectivity index (χ0) is 25.7. The molecule has 0 fully saturated rings. The van der Waals surface area contributed by atoms with Crippen molar-refractivity contribution in [2.24, 2.45) is 24.4 Å². The van der Waals surface area contributed by atoms with Crippen molar-refractivity contribution in [2.45, 2.75) is 23.6 Å². The lowest BCUT2D eigenvalue weighted by molar-refractivity contribution is 0.0505. The molecule has 184 valence electrons. The van der Waals surface area contributed by atoms with E-state index in [2.05, 4.69) is 6.58 Å². The van der Waals surface area contributed by atoms with E-state index >= 15 is 0 Å². The van der Waals surface area contributed by atoms with Crippen molar-refractivity contribution in [3.8, 4) is 0 Å². The lowest BCUT2D eigenvalue weighted by Gasteiger charge is -2.04. The number of ether oxygens (including phenoxy) is 2. The molecule has 0 radical (unpaired) electrons. The molecule has 2 aromatic heterocycles. The summed E-state index contributed by atoms with van der Waals surface area (Å²) >= 11 is 5.76. The Kier molecular flexibility index (Phi) is 9.44. The van der Waals surface area contributed by atoms with Crippen molar-refractivity contribution in [3.05, 3.63) is 40.9 Å². The van der Waals surface area contributed by atoms with E-state index in [-0.39, 0.29) is 45.0 Å². The number of halogens is 1. The molecular weight excluding hydrogens is 500 g/mol. The van der Waals surface area contributed by atoms with Crippen LogP contribution in [0.15, 0.2) is 28.8 Å². The van der Waals surface area contributed by atoms with E-state index in [9.17, 15) is 26.4 Å². The molecule has 0 aliphatic heterocycles. The van der Waals surface area contributed by atoms with E-state index in [0.717, 1.165) is 0 Å². The quantitative estimate of drug-likeness (QED) is 0.502. The fraction of sp³-hybridized carbons (Fsp3) is 0.333. The molecule has 0 atom stereocenters. The average molecular weight is 525 g/mol. The van der Waals surface area contributed by atoms with Crippen LogP contribution in [0.5, 0.6) is 0 Å². The Morgan fingerprint density at radius 1 is 0.939 bits per heavy atom. The van der Waals surface area contributed by atoms with Crippen molar-refractivity contribution < 1.29 is 35.9 Å². The average Bonchev–Trinajstić information content (AvgIpc) is 3.18. The van der Waals surface area contributed by atoms with E-state index < -0.39 is 32.0 Å². The summed E-state index contributed by atoms with van der Waals surface area (Å²) in [7, 11) is -4.83. The van der Waals surface area contributed by atoms with E-state index in [0.29, 0.717) is 0 Å². The Morgan fingerprint density at radius 3 is 1.70 bits per heavy atom. The SMILES string of the molecule is C=Cc1c(S(N)(=O)=O)cn(C)c1C(=O)OCC.CCOC(=O)c1c(Cl)c(S(N)(=O)=O)cn1C. The number of nitrogens with zero attached hydrogens (tertiary/aromatic N) is 2. The fourth-order valence-corrected chi connectivity index (χ4v) is 4.72. The van der Waals surface area contributed by atoms with Crippen LogP contribution in [0.2, 0.25) is 5.02 Å². The van der Waals surface area contributed by atoms with Crippen molar-refractivity contribution in [2.75, 3.05) is 13.2 Å². The number of hydrogen-bond donors (Lipinski definition) is 2. The second-order valence-corrected chi connectivity index (χ2v) is 9.81. The van der Waals surface area contributed by atoms with Gasteiger partial charge in [-0.3, -0.25) is 0 Å². The molecule has 0 bridgehead atoms. The zero-order valence-electron chi connectivity index (χ0n) is 18.4. The highest BCUT2D eigenvalue weighted by Gasteiger charge is 2.26. The monoisotopic (exact) mass is 524 g/mol. The maximum absolute atomic E-state index is 11.7. The van der Waals surface area contributed by atoms with Gasteiger partial charge in [-0.15, -0.1) is 0 Å². The Bertz CT molecular complexity index is 1280. The summed E-state index contributed by atoms with van der Waals surface area (Å²) in [6.07, 6.45) is 3.70. The van der Waals surface area contributed by atoms with Gasteiger partial charge >= 0.3 is 11.9 Å². The standard InChI is InChI=1S/C10H14N2O4S.C8H11ClN2O4S/c1-4-7-8(17(11,14)15)6-12(3)9(7)10(13)16-5-2;1-3-15-8(12)7-6(9)5(4-11(7)2)16(10,13)14/h4,6H,1,5H2,2-3H3,(H2,11,14,15);4H,3H2,1-2H3,(H2,10,13,14). The van der Waals surface area contributed by atoms with Gasteiger partial charge in [0.1, 0.15) is 21.2 Å². The maximum atomic E-state index is 11.7. The van der Waals surface area contributed by atoms with Gasteiger partial charge in [0, 0.05) is 32.1 Å². The Morgan fingerprint density at radius 2 is 1.33 bits per heavy atom. The topological polar surface area (TPSA) is 183 Å². The van der Waals surface area contributed by atoms with Crippen LogP contribution in [0.25, 0.3) is 6.08 Å². The summed E-state index contributed by atoms with van der Waals surface area (Å²) in [5.41, 5.74) is 0.242. The van der Waals surface area contributed by atoms with Gasteiger partial charge in [-0.1, -0.05) is 24.3 Å². The largest absolute Gasteiger partial charge is 0.461 e. The van der Waals surface area contributed by atoms with Gasteiger partial charge in [0.05, 0.1) is 18.2 Å².